The molecule has 0 radical (unpaired) electrons. The van der Waals surface area contributed by atoms with Gasteiger partial charge in [-0.1, -0.05) is 25.2 Å². The van der Waals surface area contributed by atoms with Gasteiger partial charge in [-0.25, -0.2) is 0 Å². The monoisotopic (exact) mass is 282 g/mol. The van der Waals surface area contributed by atoms with Crippen LogP contribution in [0.4, 0.5) is 0 Å². The lowest BCUT2D eigenvalue weighted by molar-refractivity contribution is -0.137. The molecule has 2 aromatic rings. The quantitative estimate of drug-likeness (QED) is 0.844. The fourth-order valence-electron chi connectivity index (χ4n) is 2.07. The molecule has 0 fully saturated rings. The number of aromatic nitrogens is 4. The number of carboxylic acid groups (broad SMARTS) is 1. The number of carboxylic acids is 1. The van der Waals surface area contributed by atoms with E-state index in [0.29, 0.717) is 18.8 Å². The summed E-state index contributed by atoms with van der Waals surface area (Å²) in [6, 6.07) is 0. The summed E-state index contributed by atoms with van der Waals surface area (Å²) in [5.74, 6) is 0.533. The normalized spacial score (nSPS) is 11.5. The van der Waals surface area contributed by atoms with E-state index in [1.807, 2.05) is 4.52 Å². The van der Waals surface area contributed by atoms with E-state index >= 15 is 0 Å². The van der Waals surface area contributed by atoms with Gasteiger partial charge in [-0.2, -0.15) is 9.61 Å². The van der Waals surface area contributed by atoms with Crippen molar-refractivity contribution in [1.29, 1.82) is 0 Å². The van der Waals surface area contributed by atoms with Gasteiger partial charge in [0.25, 0.3) is 0 Å². The molecular weight excluding hydrogens is 264 g/mol. The highest BCUT2D eigenvalue weighted by Gasteiger charge is 2.17. The summed E-state index contributed by atoms with van der Waals surface area (Å²) in [4.78, 5) is 11.3. The van der Waals surface area contributed by atoms with Crippen LogP contribution in [0.2, 0.25) is 0 Å². The van der Waals surface area contributed by atoms with E-state index < -0.39 is 5.97 Å². The van der Waals surface area contributed by atoms with Gasteiger partial charge < -0.3 is 5.11 Å². The SMILES string of the molecule is CCC(CC)c1nnc2sc(CCCC(=O)O)nn12. The van der Waals surface area contributed by atoms with Crippen molar-refractivity contribution in [1.82, 2.24) is 19.8 Å². The molecule has 0 aliphatic carbocycles. The number of hydrogen-bond donors (Lipinski definition) is 1. The van der Waals surface area contributed by atoms with Crippen LogP contribution in [-0.4, -0.2) is 30.9 Å². The lowest BCUT2D eigenvalue weighted by Gasteiger charge is -2.07. The highest BCUT2D eigenvalue weighted by Crippen LogP contribution is 2.24. The number of fused-ring (bicyclic) bond motifs is 1. The van der Waals surface area contributed by atoms with Gasteiger partial charge in [0.15, 0.2) is 5.82 Å². The minimum absolute atomic E-state index is 0.180. The summed E-state index contributed by atoms with van der Waals surface area (Å²) in [7, 11) is 0. The van der Waals surface area contributed by atoms with E-state index in [4.69, 9.17) is 5.11 Å². The Morgan fingerprint density at radius 3 is 2.74 bits per heavy atom. The van der Waals surface area contributed by atoms with Gasteiger partial charge in [0.1, 0.15) is 5.01 Å². The Morgan fingerprint density at radius 2 is 2.11 bits per heavy atom. The third kappa shape index (κ3) is 3.09. The molecule has 0 bridgehead atoms. The fraction of sp³-hybridized carbons (Fsp3) is 0.667. The first-order chi connectivity index (χ1) is 9.15. The highest BCUT2D eigenvalue weighted by molar-refractivity contribution is 7.16. The van der Waals surface area contributed by atoms with E-state index in [0.717, 1.165) is 28.6 Å². The van der Waals surface area contributed by atoms with E-state index in [2.05, 4.69) is 29.1 Å². The van der Waals surface area contributed by atoms with E-state index in [1.54, 1.807) is 0 Å². The lowest BCUT2D eigenvalue weighted by Crippen LogP contribution is -2.04. The van der Waals surface area contributed by atoms with E-state index in [9.17, 15) is 4.79 Å². The Hall–Kier alpha value is -1.50. The molecule has 7 heteroatoms. The summed E-state index contributed by atoms with van der Waals surface area (Å²) in [6.45, 7) is 4.27. The Morgan fingerprint density at radius 1 is 1.37 bits per heavy atom. The summed E-state index contributed by atoms with van der Waals surface area (Å²) < 4.78 is 1.82. The van der Waals surface area contributed by atoms with Crippen LogP contribution in [0.3, 0.4) is 0 Å². The van der Waals surface area contributed by atoms with Crippen molar-refractivity contribution >= 4 is 22.3 Å². The van der Waals surface area contributed by atoms with Gasteiger partial charge in [-0.15, -0.1) is 10.2 Å². The predicted octanol–water partition coefficient (Wildman–Crippen LogP) is 2.50. The number of aliphatic carboxylic acids is 1. The third-order valence-electron chi connectivity index (χ3n) is 3.19. The third-order valence-corrected chi connectivity index (χ3v) is 4.15. The van der Waals surface area contributed by atoms with E-state index in [-0.39, 0.29) is 6.42 Å². The molecule has 2 rings (SSSR count). The van der Waals surface area contributed by atoms with Crippen molar-refractivity contribution in [2.24, 2.45) is 0 Å². The van der Waals surface area contributed by atoms with Crippen LogP contribution in [0.15, 0.2) is 0 Å². The van der Waals surface area contributed by atoms with Crippen LogP contribution >= 0.6 is 11.3 Å². The highest BCUT2D eigenvalue weighted by atomic mass is 32.1. The number of rotatable bonds is 7. The first kappa shape index (κ1) is 13.9. The molecule has 0 aliphatic rings. The van der Waals surface area contributed by atoms with Gasteiger partial charge in [-0.05, 0) is 19.3 Å². The Balaban J connectivity index is 2.14. The molecule has 104 valence electrons. The molecule has 2 heterocycles. The average molecular weight is 282 g/mol. The van der Waals surface area contributed by atoms with Gasteiger partial charge in [0.2, 0.25) is 4.96 Å². The molecule has 0 aliphatic heterocycles. The Bertz CT molecular complexity index is 559. The van der Waals surface area contributed by atoms with Crippen molar-refractivity contribution in [3.63, 3.8) is 0 Å². The second kappa shape index (κ2) is 6.10. The van der Waals surface area contributed by atoms with Crippen LogP contribution in [-0.2, 0) is 11.2 Å². The Labute approximate surface area is 115 Å². The minimum atomic E-state index is -0.763. The number of aryl methyl sites for hydroxylation is 1. The largest absolute Gasteiger partial charge is 0.481 e. The van der Waals surface area contributed by atoms with Gasteiger partial charge >= 0.3 is 5.97 Å². The molecule has 19 heavy (non-hydrogen) atoms. The molecule has 0 saturated carbocycles. The topological polar surface area (TPSA) is 80.4 Å². The average Bonchev–Trinajstić information content (AvgIpc) is 2.92. The molecular formula is C12H18N4O2S. The van der Waals surface area contributed by atoms with Crippen LogP contribution < -0.4 is 0 Å². The van der Waals surface area contributed by atoms with Crippen LogP contribution in [0.5, 0.6) is 0 Å². The van der Waals surface area contributed by atoms with E-state index in [1.165, 1.54) is 11.3 Å². The van der Waals surface area contributed by atoms with Gasteiger partial charge in [-0.3, -0.25) is 4.79 Å². The number of hydrogen-bond acceptors (Lipinski definition) is 5. The van der Waals surface area contributed by atoms with Crippen molar-refractivity contribution < 1.29 is 9.90 Å². The summed E-state index contributed by atoms with van der Waals surface area (Å²) in [6.07, 6.45) is 3.51. The number of carbonyl (C=O) groups is 1. The minimum Gasteiger partial charge on any atom is -0.481 e. The van der Waals surface area contributed by atoms with Crippen LogP contribution in [0, 0.1) is 0 Å². The standard InChI is InChI=1S/C12H18N4O2S/c1-3-8(4-2)11-13-14-12-16(11)15-9(19-12)6-5-7-10(17)18/h8H,3-7H2,1-2H3,(H,17,18). The van der Waals surface area contributed by atoms with Gasteiger partial charge in [0.05, 0.1) is 0 Å². The molecule has 0 saturated heterocycles. The summed E-state index contributed by atoms with van der Waals surface area (Å²) >= 11 is 1.49. The lowest BCUT2D eigenvalue weighted by atomic mass is 10.0. The maximum absolute atomic E-state index is 10.5. The van der Waals surface area contributed by atoms with Crippen LogP contribution in [0.1, 0.15) is 56.3 Å². The smallest absolute Gasteiger partial charge is 0.303 e. The molecule has 0 atom stereocenters. The van der Waals surface area contributed by atoms with Crippen molar-refractivity contribution in [3.05, 3.63) is 10.8 Å². The first-order valence-corrected chi connectivity index (χ1v) is 7.40. The first-order valence-electron chi connectivity index (χ1n) is 6.58. The maximum Gasteiger partial charge on any atom is 0.303 e. The summed E-state index contributed by atoms with van der Waals surface area (Å²) in [5.41, 5.74) is 0. The molecule has 0 unspecified atom stereocenters. The molecule has 0 amide bonds. The zero-order valence-electron chi connectivity index (χ0n) is 11.2. The molecule has 2 aromatic heterocycles. The maximum atomic E-state index is 10.5. The number of nitrogens with zero attached hydrogens (tertiary/aromatic N) is 4. The van der Waals surface area contributed by atoms with Crippen molar-refractivity contribution in [2.45, 2.75) is 51.9 Å². The zero-order chi connectivity index (χ0) is 13.8. The molecule has 0 spiro atoms. The Kier molecular flexibility index (Phi) is 4.47. The second-order valence-electron chi connectivity index (χ2n) is 4.51. The zero-order valence-corrected chi connectivity index (χ0v) is 12.0. The van der Waals surface area contributed by atoms with Crippen LogP contribution in [0.25, 0.3) is 4.96 Å². The molecule has 6 nitrogen and oxygen atoms in total. The van der Waals surface area contributed by atoms with Crippen molar-refractivity contribution in [3.8, 4) is 0 Å². The fourth-order valence-corrected chi connectivity index (χ4v) is 2.95. The predicted molar refractivity (Wildman–Crippen MR) is 72.6 cm³/mol. The molecule has 0 aromatic carbocycles. The van der Waals surface area contributed by atoms with Crippen molar-refractivity contribution in [2.75, 3.05) is 0 Å². The summed E-state index contributed by atoms with van der Waals surface area (Å²) in [5, 5.41) is 22.4. The second-order valence-corrected chi connectivity index (χ2v) is 5.55. The molecule has 1 N–H and O–H groups in total. The van der Waals surface area contributed by atoms with Gasteiger partial charge in [0, 0.05) is 18.8 Å².